The lowest BCUT2D eigenvalue weighted by Crippen LogP contribution is -2.39. The Labute approximate surface area is 131 Å². The summed E-state index contributed by atoms with van der Waals surface area (Å²) < 4.78 is 0. The second-order valence-electron chi connectivity index (χ2n) is 6.08. The molecule has 0 spiro atoms. The van der Waals surface area contributed by atoms with Crippen LogP contribution in [0.5, 0.6) is 0 Å². The van der Waals surface area contributed by atoms with Crippen LogP contribution < -0.4 is 10.6 Å². The van der Waals surface area contributed by atoms with Gasteiger partial charge in [-0.3, -0.25) is 4.79 Å². The minimum absolute atomic E-state index is 0.0408. The molecule has 118 valence electrons. The molecule has 0 radical (unpaired) electrons. The van der Waals surface area contributed by atoms with Crippen molar-refractivity contribution >= 4 is 11.6 Å². The summed E-state index contributed by atoms with van der Waals surface area (Å²) >= 11 is 0. The van der Waals surface area contributed by atoms with E-state index in [0.29, 0.717) is 0 Å². The fourth-order valence-electron chi connectivity index (χ4n) is 2.02. The number of aliphatic hydroxyl groups excluding tert-OH is 1. The van der Waals surface area contributed by atoms with Crippen molar-refractivity contribution < 1.29 is 9.90 Å². The number of nitrogens with one attached hydrogen (secondary N) is 2. The lowest BCUT2D eigenvalue weighted by atomic mass is 10.0. The van der Waals surface area contributed by atoms with E-state index in [9.17, 15) is 9.90 Å². The predicted molar refractivity (Wildman–Crippen MR) is 87.3 cm³/mol. The van der Waals surface area contributed by atoms with Crippen LogP contribution in [0.4, 0.5) is 5.69 Å². The zero-order valence-electron chi connectivity index (χ0n) is 13.7. The van der Waals surface area contributed by atoms with Crippen LogP contribution in [0.1, 0.15) is 30.5 Å². The molecule has 0 saturated carbocycles. The van der Waals surface area contributed by atoms with Crippen molar-refractivity contribution in [3.05, 3.63) is 40.6 Å². The number of amides is 1. The first kappa shape index (κ1) is 17.7. The number of aryl methyl sites for hydroxylation is 3. The Morgan fingerprint density at radius 3 is 2.32 bits per heavy atom. The Hall–Kier alpha value is -2.32. The third-order valence-corrected chi connectivity index (χ3v) is 3.28. The van der Waals surface area contributed by atoms with Crippen LogP contribution in [0.15, 0.2) is 23.9 Å². The minimum Gasteiger partial charge on any atom is -0.394 e. The van der Waals surface area contributed by atoms with E-state index in [4.69, 9.17) is 5.26 Å². The molecule has 1 amide bonds. The summed E-state index contributed by atoms with van der Waals surface area (Å²) in [7, 11) is 0. The van der Waals surface area contributed by atoms with E-state index >= 15 is 0 Å². The van der Waals surface area contributed by atoms with Crippen LogP contribution in [-0.4, -0.2) is 23.2 Å². The van der Waals surface area contributed by atoms with E-state index in [1.165, 1.54) is 6.20 Å². The highest BCUT2D eigenvalue weighted by atomic mass is 16.3. The van der Waals surface area contributed by atoms with Crippen LogP contribution >= 0.6 is 0 Å². The van der Waals surface area contributed by atoms with E-state index in [1.54, 1.807) is 13.8 Å². The van der Waals surface area contributed by atoms with Gasteiger partial charge in [0.15, 0.2) is 0 Å². The number of benzene rings is 1. The van der Waals surface area contributed by atoms with Crippen LogP contribution in [-0.2, 0) is 4.79 Å². The van der Waals surface area contributed by atoms with Gasteiger partial charge < -0.3 is 15.7 Å². The zero-order valence-corrected chi connectivity index (χ0v) is 13.7. The summed E-state index contributed by atoms with van der Waals surface area (Å²) in [5.41, 5.74) is 3.10. The highest BCUT2D eigenvalue weighted by Gasteiger charge is 2.17. The monoisotopic (exact) mass is 301 g/mol. The highest BCUT2D eigenvalue weighted by molar-refractivity contribution is 6.07. The number of hydrogen-bond acceptors (Lipinski definition) is 4. The third kappa shape index (κ3) is 4.61. The van der Waals surface area contributed by atoms with Crippen LogP contribution in [0, 0.1) is 32.1 Å². The molecule has 0 aromatic heterocycles. The van der Waals surface area contributed by atoms with Crippen molar-refractivity contribution in [2.45, 2.75) is 40.2 Å². The zero-order chi connectivity index (χ0) is 16.9. The van der Waals surface area contributed by atoms with Gasteiger partial charge in [-0.2, -0.15) is 5.26 Å². The Morgan fingerprint density at radius 2 is 1.86 bits per heavy atom. The Balaban J connectivity index is 2.96. The van der Waals surface area contributed by atoms with Gasteiger partial charge >= 0.3 is 0 Å². The maximum atomic E-state index is 12.2. The second kappa shape index (κ2) is 7.10. The van der Waals surface area contributed by atoms with Crippen molar-refractivity contribution in [3.8, 4) is 6.07 Å². The number of carbonyl (C=O) groups is 1. The number of hydrogen-bond donors (Lipinski definition) is 3. The molecule has 1 rings (SSSR count). The molecular formula is C17H23N3O2. The Morgan fingerprint density at radius 1 is 1.32 bits per heavy atom. The summed E-state index contributed by atoms with van der Waals surface area (Å²) in [6.07, 6.45) is 1.34. The van der Waals surface area contributed by atoms with Gasteiger partial charge in [0.25, 0.3) is 5.91 Å². The molecule has 0 bridgehead atoms. The van der Waals surface area contributed by atoms with Crippen LogP contribution in [0.25, 0.3) is 0 Å². The third-order valence-electron chi connectivity index (χ3n) is 3.28. The van der Waals surface area contributed by atoms with Gasteiger partial charge in [-0.05, 0) is 45.7 Å². The number of nitrogens with zero attached hydrogens (tertiary/aromatic N) is 1. The van der Waals surface area contributed by atoms with Crippen molar-refractivity contribution in [2.24, 2.45) is 0 Å². The van der Waals surface area contributed by atoms with E-state index in [1.807, 2.05) is 39.0 Å². The number of aliphatic hydroxyl groups is 1. The van der Waals surface area contributed by atoms with Gasteiger partial charge in [0.2, 0.25) is 0 Å². The number of anilines is 1. The van der Waals surface area contributed by atoms with E-state index in [-0.39, 0.29) is 12.2 Å². The Kier molecular flexibility index (Phi) is 5.72. The number of rotatable bonds is 5. The van der Waals surface area contributed by atoms with E-state index < -0.39 is 11.4 Å². The van der Waals surface area contributed by atoms with Gasteiger partial charge in [-0.25, -0.2) is 0 Å². The molecular weight excluding hydrogens is 278 g/mol. The normalized spacial score (nSPS) is 11.8. The first-order valence-electron chi connectivity index (χ1n) is 7.08. The average Bonchev–Trinajstić information content (AvgIpc) is 2.43. The van der Waals surface area contributed by atoms with Crippen LogP contribution in [0.2, 0.25) is 0 Å². The van der Waals surface area contributed by atoms with Gasteiger partial charge in [-0.1, -0.05) is 17.7 Å². The van der Waals surface area contributed by atoms with Crippen molar-refractivity contribution in [1.29, 1.82) is 5.26 Å². The van der Waals surface area contributed by atoms with Gasteiger partial charge in [0.1, 0.15) is 11.6 Å². The van der Waals surface area contributed by atoms with Gasteiger partial charge in [-0.15, -0.1) is 0 Å². The maximum absolute atomic E-state index is 12.2. The quantitative estimate of drug-likeness (QED) is 0.575. The minimum atomic E-state index is -0.599. The predicted octanol–water partition coefficient (Wildman–Crippen LogP) is 2.32. The smallest absolute Gasteiger partial charge is 0.267 e. The first-order chi connectivity index (χ1) is 10.2. The molecule has 0 saturated heterocycles. The first-order valence-corrected chi connectivity index (χ1v) is 7.08. The fraction of sp³-hybridized carbons (Fsp3) is 0.412. The highest BCUT2D eigenvalue weighted by Crippen LogP contribution is 2.22. The lowest BCUT2D eigenvalue weighted by molar-refractivity contribution is -0.112. The lowest BCUT2D eigenvalue weighted by Gasteiger charge is -2.22. The maximum Gasteiger partial charge on any atom is 0.267 e. The summed E-state index contributed by atoms with van der Waals surface area (Å²) in [5.74, 6) is -0.473. The van der Waals surface area contributed by atoms with Crippen LogP contribution in [0.3, 0.4) is 0 Å². The standard InChI is InChI=1S/C17H23N3O2/c1-11-6-12(2)15(13(3)7-11)20-16(22)14(8-18)9-19-17(4,5)10-21/h6-7,9,19,21H,10H2,1-5H3,(H,20,22)/b14-9-. The molecule has 0 aliphatic heterocycles. The van der Waals surface area contributed by atoms with E-state index in [2.05, 4.69) is 10.6 Å². The number of nitriles is 1. The summed E-state index contributed by atoms with van der Waals surface area (Å²) in [5, 5.41) is 24.0. The molecule has 0 fully saturated rings. The Bertz CT molecular complexity index is 617. The second-order valence-corrected chi connectivity index (χ2v) is 6.08. The molecule has 3 N–H and O–H groups in total. The SMILES string of the molecule is Cc1cc(C)c(NC(=O)/C(C#N)=C\NC(C)(C)CO)c(C)c1. The van der Waals surface area contributed by atoms with Gasteiger partial charge in [0.05, 0.1) is 12.1 Å². The summed E-state index contributed by atoms with van der Waals surface area (Å²) in [6.45, 7) is 9.25. The fourth-order valence-corrected chi connectivity index (χ4v) is 2.02. The summed E-state index contributed by atoms with van der Waals surface area (Å²) in [6, 6.07) is 5.83. The molecule has 5 nitrogen and oxygen atoms in total. The average molecular weight is 301 g/mol. The molecule has 0 atom stereocenters. The molecule has 0 aliphatic rings. The number of carbonyl (C=O) groups excluding carboxylic acids is 1. The topological polar surface area (TPSA) is 85.2 Å². The molecule has 1 aromatic carbocycles. The van der Waals surface area contributed by atoms with Crippen molar-refractivity contribution in [1.82, 2.24) is 5.32 Å². The molecule has 5 heteroatoms. The molecule has 22 heavy (non-hydrogen) atoms. The molecule has 1 aromatic rings. The molecule has 0 heterocycles. The van der Waals surface area contributed by atoms with Gasteiger partial charge in [0, 0.05) is 11.9 Å². The molecule has 0 aliphatic carbocycles. The van der Waals surface area contributed by atoms with Crippen molar-refractivity contribution in [3.63, 3.8) is 0 Å². The summed E-state index contributed by atoms with van der Waals surface area (Å²) in [4.78, 5) is 12.2. The largest absolute Gasteiger partial charge is 0.394 e. The molecule has 0 unspecified atom stereocenters. The van der Waals surface area contributed by atoms with Crippen molar-refractivity contribution in [2.75, 3.05) is 11.9 Å². The van der Waals surface area contributed by atoms with E-state index in [0.717, 1.165) is 22.4 Å².